The monoisotopic (exact) mass is 235 g/mol. The summed E-state index contributed by atoms with van der Waals surface area (Å²) in [5, 5.41) is 0. The first-order valence-electron chi connectivity index (χ1n) is 5.11. The number of halogens is 1. The van der Waals surface area contributed by atoms with E-state index in [4.69, 9.17) is 11.6 Å². The van der Waals surface area contributed by atoms with Gasteiger partial charge in [0.2, 0.25) is 5.91 Å². The van der Waals surface area contributed by atoms with Crippen molar-refractivity contribution >= 4 is 29.3 Å². The van der Waals surface area contributed by atoms with E-state index in [1.165, 1.54) is 24.3 Å². The lowest BCUT2D eigenvalue weighted by atomic mass is 9.98. The fourth-order valence-corrected chi connectivity index (χ4v) is 3.06. The first kappa shape index (κ1) is 12.2. The summed E-state index contributed by atoms with van der Waals surface area (Å²) in [5.74, 6) is 3.83. The van der Waals surface area contributed by atoms with Crippen LogP contribution in [-0.2, 0) is 4.79 Å². The number of hydrogen-bond acceptors (Lipinski definition) is 2. The molecule has 1 fully saturated rings. The standard InChI is InChI=1S/C10H18ClNOS/c1-12(5-4-11)10(13)8-9-2-6-14-7-3-9/h9H,2-8H2,1H3. The average Bonchev–Trinajstić information content (AvgIpc) is 2.19. The number of rotatable bonds is 4. The van der Waals surface area contributed by atoms with Crippen molar-refractivity contribution in [1.29, 1.82) is 0 Å². The third-order valence-corrected chi connectivity index (χ3v) is 3.87. The smallest absolute Gasteiger partial charge is 0.222 e. The highest BCUT2D eigenvalue weighted by Gasteiger charge is 2.18. The van der Waals surface area contributed by atoms with Crippen molar-refractivity contribution in [1.82, 2.24) is 4.90 Å². The van der Waals surface area contributed by atoms with E-state index >= 15 is 0 Å². The number of carbonyl (C=O) groups excluding carboxylic acids is 1. The number of hydrogen-bond donors (Lipinski definition) is 0. The Hall–Kier alpha value is 0.110. The van der Waals surface area contributed by atoms with Crippen molar-refractivity contribution in [3.63, 3.8) is 0 Å². The third kappa shape index (κ3) is 4.09. The first-order chi connectivity index (χ1) is 6.74. The van der Waals surface area contributed by atoms with Crippen molar-refractivity contribution in [2.75, 3.05) is 31.0 Å². The molecule has 1 aliphatic rings. The van der Waals surface area contributed by atoms with Gasteiger partial charge in [-0.15, -0.1) is 11.6 Å². The van der Waals surface area contributed by atoms with Gasteiger partial charge in [0.25, 0.3) is 0 Å². The second-order valence-corrected chi connectivity index (χ2v) is 5.37. The molecule has 1 rings (SSSR count). The van der Waals surface area contributed by atoms with Crippen molar-refractivity contribution in [3.05, 3.63) is 0 Å². The van der Waals surface area contributed by atoms with E-state index in [1.54, 1.807) is 4.90 Å². The second-order valence-electron chi connectivity index (χ2n) is 3.76. The van der Waals surface area contributed by atoms with E-state index in [-0.39, 0.29) is 5.91 Å². The zero-order valence-corrected chi connectivity index (χ0v) is 10.2. The van der Waals surface area contributed by atoms with Gasteiger partial charge < -0.3 is 4.90 Å². The number of alkyl halides is 1. The normalized spacial score (nSPS) is 18.1. The first-order valence-corrected chi connectivity index (χ1v) is 6.80. The predicted molar refractivity (Wildman–Crippen MR) is 63.0 cm³/mol. The molecular formula is C10H18ClNOS. The lowest BCUT2D eigenvalue weighted by molar-refractivity contribution is -0.130. The zero-order valence-electron chi connectivity index (χ0n) is 8.67. The second kappa shape index (κ2) is 6.57. The summed E-state index contributed by atoms with van der Waals surface area (Å²) in [7, 11) is 1.84. The lowest BCUT2D eigenvalue weighted by Gasteiger charge is -2.23. The van der Waals surface area contributed by atoms with Gasteiger partial charge in [-0.2, -0.15) is 11.8 Å². The summed E-state index contributed by atoms with van der Waals surface area (Å²) in [5.41, 5.74) is 0. The van der Waals surface area contributed by atoms with Crippen molar-refractivity contribution in [2.24, 2.45) is 5.92 Å². The van der Waals surface area contributed by atoms with Crippen LogP contribution in [0.4, 0.5) is 0 Å². The van der Waals surface area contributed by atoms with Gasteiger partial charge in [-0.1, -0.05) is 0 Å². The van der Waals surface area contributed by atoms with Crippen LogP contribution in [0.1, 0.15) is 19.3 Å². The van der Waals surface area contributed by atoms with Crippen LogP contribution in [0, 0.1) is 5.92 Å². The molecule has 82 valence electrons. The van der Waals surface area contributed by atoms with Gasteiger partial charge in [-0.3, -0.25) is 4.79 Å². The molecule has 1 saturated heterocycles. The van der Waals surface area contributed by atoms with Gasteiger partial charge in [-0.05, 0) is 30.3 Å². The topological polar surface area (TPSA) is 20.3 Å². The van der Waals surface area contributed by atoms with Crippen molar-refractivity contribution < 1.29 is 4.79 Å². The average molecular weight is 236 g/mol. The van der Waals surface area contributed by atoms with E-state index in [0.29, 0.717) is 24.8 Å². The highest BCUT2D eigenvalue weighted by Crippen LogP contribution is 2.25. The van der Waals surface area contributed by atoms with E-state index in [2.05, 4.69) is 0 Å². The van der Waals surface area contributed by atoms with Crippen LogP contribution in [0.25, 0.3) is 0 Å². The highest BCUT2D eigenvalue weighted by molar-refractivity contribution is 7.99. The zero-order chi connectivity index (χ0) is 10.4. The quantitative estimate of drug-likeness (QED) is 0.697. The number of nitrogens with zero attached hydrogens (tertiary/aromatic N) is 1. The summed E-state index contributed by atoms with van der Waals surface area (Å²) in [4.78, 5) is 13.4. The Morgan fingerprint density at radius 3 is 2.71 bits per heavy atom. The van der Waals surface area contributed by atoms with Crippen LogP contribution in [0.3, 0.4) is 0 Å². The maximum atomic E-state index is 11.7. The maximum absolute atomic E-state index is 11.7. The molecule has 1 heterocycles. The van der Waals surface area contributed by atoms with Crippen LogP contribution in [0.15, 0.2) is 0 Å². The fourth-order valence-electron chi connectivity index (χ4n) is 1.60. The fraction of sp³-hybridized carbons (Fsp3) is 0.900. The Balaban J connectivity index is 2.24. The molecule has 0 unspecified atom stereocenters. The SMILES string of the molecule is CN(CCCl)C(=O)CC1CCSCC1. The molecule has 0 aromatic carbocycles. The minimum absolute atomic E-state index is 0.252. The van der Waals surface area contributed by atoms with Gasteiger partial charge in [0.15, 0.2) is 0 Å². The van der Waals surface area contributed by atoms with E-state index < -0.39 is 0 Å². The Labute approximate surface area is 95.4 Å². The van der Waals surface area contributed by atoms with Gasteiger partial charge in [-0.25, -0.2) is 0 Å². The molecule has 2 nitrogen and oxygen atoms in total. The Morgan fingerprint density at radius 2 is 2.14 bits per heavy atom. The molecule has 0 aromatic heterocycles. The van der Waals surface area contributed by atoms with Gasteiger partial charge in [0.05, 0.1) is 0 Å². The summed E-state index contributed by atoms with van der Waals surface area (Å²) in [6, 6.07) is 0. The molecule has 0 radical (unpaired) electrons. The highest BCUT2D eigenvalue weighted by atomic mass is 35.5. The molecule has 1 aliphatic heterocycles. The molecule has 0 aliphatic carbocycles. The maximum Gasteiger partial charge on any atom is 0.222 e. The molecule has 0 bridgehead atoms. The van der Waals surface area contributed by atoms with Crippen molar-refractivity contribution in [3.8, 4) is 0 Å². The van der Waals surface area contributed by atoms with Crippen LogP contribution < -0.4 is 0 Å². The van der Waals surface area contributed by atoms with E-state index in [1.807, 2.05) is 18.8 Å². The third-order valence-electron chi connectivity index (χ3n) is 2.65. The summed E-state index contributed by atoms with van der Waals surface area (Å²) in [6.45, 7) is 0.669. The predicted octanol–water partition coefficient (Wildman–Crippen LogP) is 2.22. The minimum Gasteiger partial charge on any atom is -0.345 e. The largest absolute Gasteiger partial charge is 0.345 e. The molecule has 0 aromatic rings. The molecular weight excluding hydrogens is 218 g/mol. The number of thioether (sulfide) groups is 1. The van der Waals surface area contributed by atoms with Crippen molar-refractivity contribution in [2.45, 2.75) is 19.3 Å². The Morgan fingerprint density at radius 1 is 1.50 bits per heavy atom. The van der Waals surface area contributed by atoms with Crippen LogP contribution in [0.5, 0.6) is 0 Å². The Kier molecular flexibility index (Phi) is 5.71. The number of amides is 1. The molecule has 14 heavy (non-hydrogen) atoms. The van der Waals surface area contributed by atoms with Crippen LogP contribution >= 0.6 is 23.4 Å². The number of carbonyl (C=O) groups is 1. The summed E-state index contributed by atoms with van der Waals surface area (Å²) < 4.78 is 0. The van der Waals surface area contributed by atoms with E-state index in [0.717, 1.165) is 0 Å². The van der Waals surface area contributed by atoms with Gasteiger partial charge in [0.1, 0.15) is 0 Å². The lowest BCUT2D eigenvalue weighted by Crippen LogP contribution is -2.30. The summed E-state index contributed by atoms with van der Waals surface area (Å²) >= 11 is 7.58. The van der Waals surface area contributed by atoms with Gasteiger partial charge in [0, 0.05) is 25.9 Å². The van der Waals surface area contributed by atoms with Crippen LogP contribution in [-0.4, -0.2) is 41.8 Å². The molecule has 1 amide bonds. The minimum atomic E-state index is 0.252. The molecule has 0 N–H and O–H groups in total. The molecule has 4 heteroatoms. The molecule has 0 atom stereocenters. The molecule has 0 saturated carbocycles. The Bertz CT molecular complexity index is 183. The summed E-state index contributed by atoms with van der Waals surface area (Å²) in [6.07, 6.45) is 3.12. The van der Waals surface area contributed by atoms with E-state index in [9.17, 15) is 4.79 Å². The molecule has 0 spiro atoms. The van der Waals surface area contributed by atoms with Gasteiger partial charge >= 0.3 is 0 Å². The van der Waals surface area contributed by atoms with Crippen LogP contribution in [0.2, 0.25) is 0 Å².